The minimum atomic E-state index is -0.509. The first-order valence-electron chi connectivity index (χ1n) is 22.4. The smallest absolute Gasteiger partial charge is 0.0714 e. The molecule has 1 nitrogen and oxygen atoms in total. The Balaban J connectivity index is 1.03. The number of hydrogen-bond acceptors (Lipinski definition) is 2. The van der Waals surface area contributed by atoms with Gasteiger partial charge in [-0.3, -0.25) is 0 Å². The molecule has 0 amide bonds. The van der Waals surface area contributed by atoms with Crippen LogP contribution in [0.3, 0.4) is 0 Å². The molecule has 1 aliphatic rings. The van der Waals surface area contributed by atoms with Crippen molar-refractivity contribution in [3.05, 3.63) is 271 Å². The van der Waals surface area contributed by atoms with Gasteiger partial charge in [0.1, 0.15) is 0 Å². The fraction of sp³-hybridized carbons (Fsp3) is 0.0159. The predicted molar refractivity (Wildman–Crippen MR) is 277 cm³/mol. The number of thiophene rings is 1. The molecule has 2 heteroatoms. The molecule has 11 aromatic carbocycles. The van der Waals surface area contributed by atoms with Crippen LogP contribution in [0, 0.1) is 0 Å². The molecule has 0 spiro atoms. The summed E-state index contributed by atoms with van der Waals surface area (Å²) >= 11 is 1.86. The lowest BCUT2D eigenvalue weighted by Crippen LogP contribution is -2.28. The molecule has 0 aliphatic heterocycles. The number of benzene rings is 11. The van der Waals surface area contributed by atoms with Crippen LogP contribution in [-0.2, 0) is 5.41 Å². The molecule has 13 rings (SSSR count). The Hall–Kier alpha value is -8.04. The quantitative estimate of drug-likeness (QED) is 0.154. The van der Waals surface area contributed by atoms with E-state index in [1.807, 2.05) is 11.3 Å². The van der Waals surface area contributed by atoms with Crippen LogP contribution in [0.5, 0.6) is 0 Å². The van der Waals surface area contributed by atoms with Crippen molar-refractivity contribution in [1.29, 1.82) is 0 Å². The summed E-state index contributed by atoms with van der Waals surface area (Å²) in [7, 11) is 0. The lowest BCUT2D eigenvalue weighted by molar-refractivity contribution is 0.768. The summed E-state index contributed by atoms with van der Waals surface area (Å²) < 4.78 is 2.60. The Bertz CT molecular complexity index is 3730. The summed E-state index contributed by atoms with van der Waals surface area (Å²) in [5, 5.41) is 7.56. The highest BCUT2D eigenvalue weighted by molar-refractivity contribution is 7.25. The highest BCUT2D eigenvalue weighted by Gasteiger charge is 2.47. The van der Waals surface area contributed by atoms with Gasteiger partial charge in [-0.25, -0.2) is 0 Å². The second-order valence-corrected chi connectivity index (χ2v) is 18.2. The van der Waals surface area contributed by atoms with Crippen molar-refractivity contribution >= 4 is 70.1 Å². The molecule has 65 heavy (non-hydrogen) atoms. The van der Waals surface area contributed by atoms with E-state index in [-0.39, 0.29) is 0 Å². The van der Waals surface area contributed by atoms with Crippen LogP contribution in [0.1, 0.15) is 22.3 Å². The molecule has 1 aliphatic carbocycles. The molecule has 0 radical (unpaired) electrons. The normalized spacial score (nSPS) is 12.7. The third-order valence-electron chi connectivity index (χ3n) is 13.7. The minimum Gasteiger partial charge on any atom is -0.310 e. The molecule has 304 valence electrons. The highest BCUT2D eigenvalue weighted by atomic mass is 32.1. The van der Waals surface area contributed by atoms with Gasteiger partial charge in [-0.05, 0) is 126 Å². The van der Waals surface area contributed by atoms with Gasteiger partial charge >= 0.3 is 0 Å². The lowest BCUT2D eigenvalue weighted by Gasteiger charge is -2.34. The Kier molecular flexibility index (Phi) is 8.69. The Morgan fingerprint density at radius 3 is 1.68 bits per heavy atom. The molecule has 0 N–H and O–H groups in total. The molecule has 0 fully saturated rings. The van der Waals surface area contributed by atoms with Gasteiger partial charge in [-0.2, -0.15) is 0 Å². The van der Waals surface area contributed by atoms with Crippen LogP contribution in [0.25, 0.3) is 75.1 Å². The number of rotatable bonds is 7. The van der Waals surface area contributed by atoms with Crippen molar-refractivity contribution in [2.45, 2.75) is 5.41 Å². The summed E-state index contributed by atoms with van der Waals surface area (Å²) in [5.74, 6) is 0. The van der Waals surface area contributed by atoms with Gasteiger partial charge in [-0.1, -0.05) is 194 Å². The van der Waals surface area contributed by atoms with Crippen molar-refractivity contribution in [1.82, 2.24) is 0 Å². The molecular weight excluding hydrogens is 803 g/mol. The number of anilines is 3. The fourth-order valence-electron chi connectivity index (χ4n) is 10.9. The van der Waals surface area contributed by atoms with Crippen molar-refractivity contribution in [3.8, 4) is 33.4 Å². The molecule has 0 unspecified atom stereocenters. The zero-order chi connectivity index (χ0) is 42.9. The molecule has 0 saturated carbocycles. The van der Waals surface area contributed by atoms with E-state index in [9.17, 15) is 0 Å². The van der Waals surface area contributed by atoms with Crippen molar-refractivity contribution < 1.29 is 0 Å². The summed E-state index contributed by atoms with van der Waals surface area (Å²) in [5.41, 5.74) is 15.4. The average molecular weight is 844 g/mol. The molecule has 1 heterocycles. The maximum absolute atomic E-state index is 2.50. The largest absolute Gasteiger partial charge is 0.310 e. The Morgan fingerprint density at radius 1 is 0.323 bits per heavy atom. The zero-order valence-corrected chi connectivity index (χ0v) is 36.3. The van der Waals surface area contributed by atoms with Gasteiger partial charge in [0.05, 0.1) is 11.1 Å². The molecule has 0 atom stereocenters. The van der Waals surface area contributed by atoms with E-state index in [4.69, 9.17) is 0 Å². The lowest BCUT2D eigenvalue weighted by atomic mass is 9.68. The second kappa shape index (κ2) is 15.1. The van der Waals surface area contributed by atoms with E-state index in [0.717, 1.165) is 17.1 Å². The van der Waals surface area contributed by atoms with Crippen LogP contribution in [0.2, 0.25) is 0 Å². The fourth-order valence-corrected chi connectivity index (χ4v) is 12.0. The van der Waals surface area contributed by atoms with Crippen LogP contribution < -0.4 is 4.90 Å². The Labute approximate surface area is 382 Å². The summed E-state index contributed by atoms with van der Waals surface area (Å²) in [4.78, 5) is 2.50. The molecule has 1 aromatic heterocycles. The van der Waals surface area contributed by atoms with E-state index in [1.165, 1.54) is 97.4 Å². The maximum Gasteiger partial charge on any atom is 0.0714 e. The van der Waals surface area contributed by atoms with E-state index < -0.39 is 5.41 Å². The van der Waals surface area contributed by atoms with Gasteiger partial charge in [0.25, 0.3) is 0 Å². The van der Waals surface area contributed by atoms with E-state index in [1.54, 1.807) is 0 Å². The van der Waals surface area contributed by atoms with Crippen molar-refractivity contribution in [2.75, 3.05) is 4.90 Å². The number of fused-ring (bicyclic) bond motifs is 8. The first-order valence-corrected chi connectivity index (χ1v) is 23.2. The SMILES string of the molecule is c1ccc(C2(c3ccccc3)c3ccccc3-c3c(N(c4ccc(-c5cc(-c6cccc7ccccc67)c6ccccc6c5)cc4)c4ccc5sc6ccccc6c5c4)cccc32)cc1. The van der Waals surface area contributed by atoms with E-state index in [2.05, 4.69) is 254 Å². The first-order chi connectivity index (χ1) is 32.2. The van der Waals surface area contributed by atoms with E-state index in [0.29, 0.717) is 0 Å². The number of nitrogens with zero attached hydrogens (tertiary/aromatic N) is 1. The maximum atomic E-state index is 2.50. The summed E-state index contributed by atoms with van der Waals surface area (Å²) in [6.07, 6.45) is 0. The summed E-state index contributed by atoms with van der Waals surface area (Å²) in [6, 6.07) is 92.2. The van der Waals surface area contributed by atoms with Gasteiger partial charge < -0.3 is 4.90 Å². The monoisotopic (exact) mass is 843 g/mol. The van der Waals surface area contributed by atoms with Crippen LogP contribution in [-0.4, -0.2) is 0 Å². The first kappa shape index (κ1) is 37.5. The van der Waals surface area contributed by atoms with Gasteiger partial charge in [0, 0.05) is 37.1 Å². The number of hydrogen-bond donors (Lipinski definition) is 0. The average Bonchev–Trinajstić information content (AvgIpc) is 3.91. The zero-order valence-electron chi connectivity index (χ0n) is 35.5. The van der Waals surface area contributed by atoms with E-state index >= 15 is 0 Å². The molecular formula is C63H41NS. The van der Waals surface area contributed by atoms with Gasteiger partial charge in [0.15, 0.2) is 0 Å². The Morgan fingerprint density at radius 2 is 0.892 bits per heavy atom. The third-order valence-corrected chi connectivity index (χ3v) is 14.9. The van der Waals surface area contributed by atoms with Gasteiger partial charge in [-0.15, -0.1) is 11.3 Å². The third kappa shape index (κ3) is 5.85. The minimum absolute atomic E-state index is 0.509. The topological polar surface area (TPSA) is 3.24 Å². The van der Waals surface area contributed by atoms with Crippen LogP contribution in [0.4, 0.5) is 17.1 Å². The van der Waals surface area contributed by atoms with Crippen molar-refractivity contribution in [3.63, 3.8) is 0 Å². The van der Waals surface area contributed by atoms with Crippen LogP contribution in [0.15, 0.2) is 249 Å². The molecule has 0 bridgehead atoms. The predicted octanol–water partition coefficient (Wildman–Crippen LogP) is 17.5. The van der Waals surface area contributed by atoms with Gasteiger partial charge in [0.2, 0.25) is 0 Å². The van der Waals surface area contributed by atoms with Crippen LogP contribution >= 0.6 is 11.3 Å². The highest BCUT2D eigenvalue weighted by Crippen LogP contribution is 2.59. The summed E-state index contributed by atoms with van der Waals surface area (Å²) in [6.45, 7) is 0. The molecule has 0 saturated heterocycles. The second-order valence-electron chi connectivity index (χ2n) is 17.2. The standard InChI is InChI=1S/C63H41NS/c1-3-20-46(21-4-1)63(47-22-5-2-6-23-47)57-29-13-11-27-54(57)62-58(63)30-16-31-59(62)64(49-37-38-61-56(41-49)53-26-12-14-32-60(53)65-61)48-35-33-42(34-36-48)45-39-44-18-8-10-25-51(44)55(40-45)52-28-15-19-43-17-7-9-24-50(43)52/h1-41H. The molecule has 12 aromatic rings. The van der Waals surface area contributed by atoms with Crippen molar-refractivity contribution in [2.24, 2.45) is 0 Å².